The molecule has 7 heteroatoms. The van der Waals surface area contributed by atoms with Crippen molar-refractivity contribution < 1.29 is 13.2 Å². The number of carbonyl (C=O) groups is 1. The van der Waals surface area contributed by atoms with Crippen molar-refractivity contribution >= 4 is 33.2 Å². The Morgan fingerprint density at radius 3 is 2.52 bits per heavy atom. The number of rotatable bonds is 4. The molecule has 0 radical (unpaired) electrons. The fourth-order valence-electron chi connectivity index (χ4n) is 3.23. The van der Waals surface area contributed by atoms with Crippen LogP contribution in [-0.2, 0) is 10.0 Å². The number of likely N-dealkylation sites (tertiary alicyclic amines) is 1. The predicted molar refractivity (Wildman–Crippen MR) is 108 cm³/mol. The minimum atomic E-state index is -3.71. The van der Waals surface area contributed by atoms with Crippen LogP contribution in [0.25, 0.3) is 0 Å². The highest BCUT2D eigenvalue weighted by atomic mass is 35.5. The Hall–Kier alpha value is -2.05. The lowest BCUT2D eigenvalue weighted by atomic mass is 9.99. The third kappa shape index (κ3) is 4.62. The highest BCUT2D eigenvalue weighted by Crippen LogP contribution is 2.26. The number of hydrogen-bond donors (Lipinski definition) is 1. The number of amides is 1. The molecular formula is C20H23ClN2O3S. The van der Waals surface area contributed by atoms with Crippen molar-refractivity contribution in [1.82, 2.24) is 4.90 Å². The summed E-state index contributed by atoms with van der Waals surface area (Å²) in [5.74, 6) is 0.363. The van der Waals surface area contributed by atoms with Crippen LogP contribution < -0.4 is 4.72 Å². The van der Waals surface area contributed by atoms with E-state index in [0.717, 1.165) is 31.5 Å². The topological polar surface area (TPSA) is 66.5 Å². The van der Waals surface area contributed by atoms with Gasteiger partial charge in [-0.15, -0.1) is 0 Å². The molecule has 3 rings (SSSR count). The van der Waals surface area contributed by atoms with Gasteiger partial charge in [0.25, 0.3) is 15.9 Å². The van der Waals surface area contributed by atoms with E-state index in [2.05, 4.69) is 11.6 Å². The summed E-state index contributed by atoms with van der Waals surface area (Å²) in [6.07, 6.45) is 2.11. The molecule has 144 valence electrons. The molecule has 0 saturated carbocycles. The van der Waals surface area contributed by atoms with Gasteiger partial charge in [0.15, 0.2) is 0 Å². The Kier molecular flexibility index (Phi) is 5.77. The van der Waals surface area contributed by atoms with Crippen molar-refractivity contribution in [3.05, 3.63) is 58.6 Å². The van der Waals surface area contributed by atoms with E-state index in [1.807, 2.05) is 11.8 Å². The van der Waals surface area contributed by atoms with Crippen LogP contribution in [0.5, 0.6) is 0 Å². The van der Waals surface area contributed by atoms with Crippen molar-refractivity contribution in [3.63, 3.8) is 0 Å². The Morgan fingerprint density at radius 2 is 1.89 bits per heavy atom. The van der Waals surface area contributed by atoms with Crippen LogP contribution in [0, 0.1) is 12.8 Å². The molecule has 0 aromatic heterocycles. The third-order valence-electron chi connectivity index (χ3n) is 4.73. The minimum Gasteiger partial charge on any atom is -0.338 e. The summed E-state index contributed by atoms with van der Waals surface area (Å²) in [5.41, 5.74) is 1.69. The first-order chi connectivity index (χ1) is 12.8. The maximum atomic E-state index is 12.7. The molecule has 1 unspecified atom stereocenters. The Balaban J connectivity index is 1.78. The van der Waals surface area contributed by atoms with E-state index >= 15 is 0 Å². The van der Waals surface area contributed by atoms with Gasteiger partial charge in [-0.2, -0.15) is 0 Å². The first-order valence-corrected chi connectivity index (χ1v) is 10.8. The lowest BCUT2D eigenvalue weighted by molar-refractivity contribution is 0.0683. The van der Waals surface area contributed by atoms with Gasteiger partial charge >= 0.3 is 0 Å². The molecule has 1 aliphatic heterocycles. The number of hydrogen-bond acceptors (Lipinski definition) is 3. The number of carbonyl (C=O) groups excluding carboxylic acids is 1. The molecule has 5 nitrogen and oxygen atoms in total. The highest BCUT2D eigenvalue weighted by Gasteiger charge is 2.24. The van der Waals surface area contributed by atoms with Crippen molar-refractivity contribution in [2.24, 2.45) is 5.92 Å². The molecule has 2 aromatic rings. The maximum absolute atomic E-state index is 12.7. The average molecular weight is 407 g/mol. The van der Waals surface area contributed by atoms with Gasteiger partial charge in [-0.3, -0.25) is 9.52 Å². The van der Waals surface area contributed by atoms with Gasteiger partial charge in [0, 0.05) is 13.1 Å². The molecule has 1 atom stereocenters. The summed E-state index contributed by atoms with van der Waals surface area (Å²) >= 11 is 6.29. The van der Waals surface area contributed by atoms with Gasteiger partial charge < -0.3 is 4.90 Å². The molecule has 1 N–H and O–H groups in total. The number of anilines is 1. The van der Waals surface area contributed by atoms with E-state index in [1.165, 1.54) is 6.07 Å². The molecule has 0 spiro atoms. The normalized spacial score (nSPS) is 17.6. The smallest absolute Gasteiger partial charge is 0.261 e. The molecule has 0 bridgehead atoms. The SMILES string of the molecule is Cc1ccc(S(=O)(=O)Nc2ccc(C(=O)N3CCCC(C)C3)c(Cl)c2)cc1. The van der Waals surface area contributed by atoms with Crippen LogP contribution in [0.15, 0.2) is 47.4 Å². The van der Waals surface area contributed by atoms with Crippen molar-refractivity contribution in [2.75, 3.05) is 17.8 Å². The fourth-order valence-corrected chi connectivity index (χ4v) is 4.54. The Morgan fingerprint density at radius 1 is 1.19 bits per heavy atom. The molecule has 1 saturated heterocycles. The van der Waals surface area contributed by atoms with E-state index in [9.17, 15) is 13.2 Å². The standard InChI is InChI=1S/C20H23ClN2O3S/c1-14-5-8-17(9-6-14)27(25,26)22-16-7-10-18(19(21)12-16)20(24)23-11-3-4-15(2)13-23/h5-10,12,15,22H,3-4,11,13H2,1-2H3. The number of sulfonamides is 1. The fraction of sp³-hybridized carbons (Fsp3) is 0.350. The van der Waals surface area contributed by atoms with Gasteiger partial charge in [-0.25, -0.2) is 8.42 Å². The van der Waals surface area contributed by atoms with Crippen LogP contribution in [0.3, 0.4) is 0 Å². The largest absolute Gasteiger partial charge is 0.338 e. The highest BCUT2D eigenvalue weighted by molar-refractivity contribution is 7.92. The van der Waals surface area contributed by atoms with E-state index in [4.69, 9.17) is 11.6 Å². The summed E-state index contributed by atoms with van der Waals surface area (Å²) in [6, 6.07) is 11.2. The molecule has 0 aliphatic carbocycles. The van der Waals surface area contributed by atoms with Crippen LogP contribution in [0.2, 0.25) is 5.02 Å². The number of benzene rings is 2. The summed E-state index contributed by atoms with van der Waals surface area (Å²) < 4.78 is 27.5. The molecule has 1 aliphatic rings. The zero-order valence-corrected chi connectivity index (χ0v) is 17.0. The second-order valence-electron chi connectivity index (χ2n) is 7.11. The Bertz CT molecular complexity index is 942. The molecule has 1 fully saturated rings. The van der Waals surface area contributed by atoms with Crippen molar-refractivity contribution in [3.8, 4) is 0 Å². The quantitative estimate of drug-likeness (QED) is 0.822. The van der Waals surface area contributed by atoms with E-state index in [-0.39, 0.29) is 15.8 Å². The second kappa shape index (κ2) is 7.90. The molecular weight excluding hydrogens is 384 g/mol. The molecule has 1 amide bonds. The van der Waals surface area contributed by atoms with Crippen LogP contribution in [0.4, 0.5) is 5.69 Å². The first kappa shape index (κ1) is 19.7. The number of aryl methyl sites for hydroxylation is 1. The average Bonchev–Trinajstić information content (AvgIpc) is 2.61. The number of nitrogens with zero attached hydrogens (tertiary/aromatic N) is 1. The number of halogens is 1. The summed E-state index contributed by atoms with van der Waals surface area (Å²) in [7, 11) is -3.71. The van der Waals surface area contributed by atoms with E-state index < -0.39 is 10.0 Å². The summed E-state index contributed by atoms with van der Waals surface area (Å²) in [6.45, 7) is 5.46. The third-order valence-corrected chi connectivity index (χ3v) is 6.44. The lowest BCUT2D eigenvalue weighted by Gasteiger charge is -2.31. The van der Waals surface area contributed by atoms with Gasteiger partial charge in [-0.05, 0) is 56.0 Å². The molecule has 27 heavy (non-hydrogen) atoms. The maximum Gasteiger partial charge on any atom is 0.261 e. The minimum absolute atomic E-state index is 0.112. The van der Waals surface area contributed by atoms with Gasteiger partial charge in [0.1, 0.15) is 0 Å². The number of piperidine rings is 1. The van der Waals surface area contributed by atoms with Crippen LogP contribution in [0.1, 0.15) is 35.7 Å². The van der Waals surface area contributed by atoms with Crippen molar-refractivity contribution in [2.45, 2.75) is 31.6 Å². The Labute approximate surface area is 165 Å². The van der Waals surface area contributed by atoms with E-state index in [1.54, 1.807) is 36.4 Å². The number of nitrogens with one attached hydrogen (secondary N) is 1. The van der Waals surface area contributed by atoms with Crippen LogP contribution in [-0.4, -0.2) is 32.3 Å². The van der Waals surface area contributed by atoms with Gasteiger partial charge in [0.2, 0.25) is 0 Å². The van der Waals surface area contributed by atoms with Gasteiger partial charge in [0.05, 0.1) is 21.2 Å². The lowest BCUT2D eigenvalue weighted by Crippen LogP contribution is -2.39. The van der Waals surface area contributed by atoms with Crippen LogP contribution >= 0.6 is 11.6 Å². The van der Waals surface area contributed by atoms with E-state index in [0.29, 0.717) is 17.2 Å². The van der Waals surface area contributed by atoms with Crippen molar-refractivity contribution in [1.29, 1.82) is 0 Å². The molecule has 1 heterocycles. The first-order valence-electron chi connectivity index (χ1n) is 8.94. The molecule has 2 aromatic carbocycles. The predicted octanol–water partition coefficient (Wildman–Crippen LogP) is 4.32. The van der Waals surface area contributed by atoms with Gasteiger partial charge in [-0.1, -0.05) is 36.2 Å². The monoisotopic (exact) mass is 406 g/mol. The zero-order valence-electron chi connectivity index (χ0n) is 15.4. The second-order valence-corrected chi connectivity index (χ2v) is 9.20. The summed E-state index contributed by atoms with van der Waals surface area (Å²) in [4.78, 5) is 14.7. The summed E-state index contributed by atoms with van der Waals surface area (Å²) in [5, 5.41) is 0.238. The zero-order chi connectivity index (χ0) is 19.6.